The molecule has 0 radical (unpaired) electrons. The molecule has 1 aromatic heterocycles. The summed E-state index contributed by atoms with van der Waals surface area (Å²) in [6, 6.07) is 11.9. The predicted molar refractivity (Wildman–Crippen MR) is 114 cm³/mol. The Morgan fingerprint density at radius 1 is 1.08 bits per heavy atom. The largest absolute Gasteiger partial charge is 0.362 e. The quantitative estimate of drug-likeness (QED) is 0.619. The van der Waals surface area contributed by atoms with Crippen LogP contribution in [-0.4, -0.2) is 16.6 Å². The molecule has 0 bridgehead atoms. The normalized spacial score (nSPS) is 16.1. The number of rotatable bonds is 4. The molecule has 1 fully saturated rings. The fourth-order valence-electron chi connectivity index (χ4n) is 3.62. The molecule has 1 aromatic carbocycles. The van der Waals surface area contributed by atoms with Gasteiger partial charge in [0.2, 0.25) is 0 Å². The monoisotopic (exact) mass is 407 g/mol. The first-order chi connectivity index (χ1) is 12.5. The smallest absolute Gasteiger partial charge is 0.171 e. The minimum Gasteiger partial charge on any atom is -0.362 e. The van der Waals surface area contributed by atoms with Crippen LogP contribution in [-0.2, 0) is 5.41 Å². The lowest BCUT2D eigenvalue weighted by atomic mass is 9.69. The highest BCUT2D eigenvalue weighted by Gasteiger charge is 2.33. The van der Waals surface area contributed by atoms with E-state index in [0.29, 0.717) is 16.0 Å². The third kappa shape index (κ3) is 4.67. The molecule has 26 heavy (non-hydrogen) atoms. The van der Waals surface area contributed by atoms with E-state index < -0.39 is 0 Å². The summed E-state index contributed by atoms with van der Waals surface area (Å²) >= 11 is 17.6. The fourth-order valence-corrected chi connectivity index (χ4v) is 4.03. The Balaban J connectivity index is 1.68. The molecule has 0 spiro atoms. The molecule has 1 aliphatic carbocycles. The third-order valence-electron chi connectivity index (χ3n) is 5.12. The van der Waals surface area contributed by atoms with E-state index in [0.717, 1.165) is 30.1 Å². The van der Waals surface area contributed by atoms with Gasteiger partial charge in [-0.15, -0.1) is 0 Å². The van der Waals surface area contributed by atoms with Crippen LogP contribution in [0.25, 0.3) is 0 Å². The van der Waals surface area contributed by atoms with E-state index in [4.69, 9.17) is 35.4 Å². The zero-order valence-electron chi connectivity index (χ0n) is 14.8. The third-order valence-corrected chi connectivity index (χ3v) is 6.02. The maximum atomic E-state index is 6.07. The minimum absolute atomic E-state index is 0.0952. The number of hydrogen-bond acceptors (Lipinski definition) is 2. The number of benzene rings is 1. The maximum absolute atomic E-state index is 6.07. The van der Waals surface area contributed by atoms with Crippen molar-refractivity contribution in [2.75, 3.05) is 11.9 Å². The molecule has 2 N–H and O–H groups in total. The van der Waals surface area contributed by atoms with E-state index >= 15 is 0 Å². The molecule has 2 aromatic rings. The summed E-state index contributed by atoms with van der Waals surface area (Å²) in [4.78, 5) is 4.41. The number of halogens is 2. The fraction of sp³-hybridized carbons (Fsp3) is 0.400. The standard InChI is InChI=1S/C20H23Cl2N3S/c1-14-17(22)9-10-18(24-14)25-19(26)23-13-20(11-3-2-4-12-20)15-5-7-16(21)8-6-15/h5-10H,2-4,11-13H2,1H3,(H2,23,24,25,26). The van der Waals surface area contributed by atoms with Crippen LogP contribution >= 0.6 is 35.4 Å². The van der Waals surface area contributed by atoms with Crippen molar-refractivity contribution in [1.82, 2.24) is 10.3 Å². The van der Waals surface area contributed by atoms with Crippen LogP contribution in [0.1, 0.15) is 43.4 Å². The second kappa shape index (κ2) is 8.55. The molecule has 0 unspecified atom stereocenters. The van der Waals surface area contributed by atoms with Crippen molar-refractivity contribution in [2.24, 2.45) is 0 Å². The zero-order valence-corrected chi connectivity index (χ0v) is 17.1. The number of thiocarbonyl (C=S) groups is 1. The number of aromatic nitrogens is 1. The summed E-state index contributed by atoms with van der Waals surface area (Å²) in [5.74, 6) is 0.702. The predicted octanol–water partition coefficient (Wildman–Crippen LogP) is 5.89. The van der Waals surface area contributed by atoms with E-state index in [-0.39, 0.29) is 5.41 Å². The van der Waals surface area contributed by atoms with Crippen molar-refractivity contribution in [1.29, 1.82) is 0 Å². The van der Waals surface area contributed by atoms with Gasteiger partial charge in [0.15, 0.2) is 5.11 Å². The highest BCUT2D eigenvalue weighted by Crippen LogP contribution is 2.39. The van der Waals surface area contributed by atoms with Crippen LogP contribution in [0.4, 0.5) is 5.82 Å². The summed E-state index contributed by atoms with van der Waals surface area (Å²) in [6.07, 6.45) is 6.09. The molecule has 0 aliphatic heterocycles. The van der Waals surface area contributed by atoms with Gasteiger partial charge in [-0.2, -0.15) is 0 Å². The summed E-state index contributed by atoms with van der Waals surface area (Å²) in [5, 5.41) is 8.57. The van der Waals surface area contributed by atoms with Crippen LogP contribution in [0.3, 0.4) is 0 Å². The van der Waals surface area contributed by atoms with E-state index in [1.807, 2.05) is 31.2 Å². The van der Waals surface area contributed by atoms with Crippen molar-refractivity contribution < 1.29 is 0 Å². The topological polar surface area (TPSA) is 37.0 Å². The average Bonchev–Trinajstić information content (AvgIpc) is 2.64. The number of nitrogens with one attached hydrogen (secondary N) is 2. The van der Waals surface area contributed by atoms with Gasteiger partial charge in [0.05, 0.1) is 10.7 Å². The second-order valence-corrected chi connectivity index (χ2v) is 8.17. The molecule has 6 heteroatoms. The summed E-state index contributed by atoms with van der Waals surface area (Å²) in [7, 11) is 0. The van der Waals surface area contributed by atoms with Crippen molar-refractivity contribution in [3.05, 3.63) is 57.7 Å². The highest BCUT2D eigenvalue weighted by molar-refractivity contribution is 7.80. The lowest BCUT2D eigenvalue weighted by Gasteiger charge is -2.38. The first-order valence-corrected chi connectivity index (χ1v) is 10.1. The zero-order chi connectivity index (χ0) is 18.6. The number of nitrogens with zero attached hydrogens (tertiary/aromatic N) is 1. The van der Waals surface area contributed by atoms with Crippen molar-refractivity contribution in [3.63, 3.8) is 0 Å². The molecule has 0 amide bonds. The lowest BCUT2D eigenvalue weighted by Crippen LogP contribution is -2.43. The van der Waals surface area contributed by atoms with Gasteiger partial charge >= 0.3 is 0 Å². The van der Waals surface area contributed by atoms with Crippen molar-refractivity contribution in [3.8, 4) is 0 Å². The van der Waals surface area contributed by atoms with E-state index in [9.17, 15) is 0 Å². The lowest BCUT2D eigenvalue weighted by molar-refractivity contribution is 0.292. The van der Waals surface area contributed by atoms with Gasteiger partial charge in [0, 0.05) is 17.0 Å². The number of hydrogen-bond donors (Lipinski definition) is 2. The first-order valence-electron chi connectivity index (χ1n) is 8.93. The molecule has 1 aliphatic rings. The second-order valence-electron chi connectivity index (χ2n) is 6.92. The molecule has 1 heterocycles. The van der Waals surface area contributed by atoms with Gasteiger partial charge in [-0.05, 0) is 61.8 Å². The Labute approximate surface area is 170 Å². The molecule has 3 rings (SSSR count). The van der Waals surface area contributed by atoms with Gasteiger partial charge in [0.1, 0.15) is 5.82 Å². The van der Waals surface area contributed by atoms with Gasteiger partial charge in [-0.3, -0.25) is 0 Å². The summed E-state index contributed by atoms with van der Waals surface area (Å²) < 4.78 is 0. The van der Waals surface area contributed by atoms with Gasteiger partial charge in [-0.1, -0.05) is 54.6 Å². The van der Waals surface area contributed by atoms with Gasteiger partial charge < -0.3 is 10.6 Å². The molecule has 138 valence electrons. The van der Waals surface area contributed by atoms with Crippen LogP contribution in [0.2, 0.25) is 10.0 Å². The first kappa shape index (κ1) is 19.4. The Bertz CT molecular complexity index is 771. The van der Waals surface area contributed by atoms with Crippen LogP contribution in [0.5, 0.6) is 0 Å². The summed E-state index contributed by atoms with van der Waals surface area (Å²) in [6.45, 7) is 2.68. The SMILES string of the molecule is Cc1nc(NC(=S)NCC2(c3ccc(Cl)cc3)CCCCC2)ccc1Cl. The maximum Gasteiger partial charge on any atom is 0.171 e. The van der Waals surface area contributed by atoms with E-state index in [1.54, 1.807) is 0 Å². The van der Waals surface area contributed by atoms with Gasteiger partial charge in [-0.25, -0.2) is 4.98 Å². The van der Waals surface area contributed by atoms with Crippen LogP contribution in [0, 0.1) is 6.92 Å². The summed E-state index contributed by atoms with van der Waals surface area (Å²) in [5.41, 5.74) is 2.21. The number of anilines is 1. The van der Waals surface area contributed by atoms with Crippen molar-refractivity contribution >= 4 is 46.4 Å². The van der Waals surface area contributed by atoms with Crippen LogP contribution in [0.15, 0.2) is 36.4 Å². The Hall–Kier alpha value is -1.36. The highest BCUT2D eigenvalue weighted by atomic mass is 35.5. The Kier molecular flexibility index (Phi) is 6.38. The molecular weight excluding hydrogens is 385 g/mol. The minimum atomic E-state index is 0.0952. The van der Waals surface area contributed by atoms with Crippen molar-refractivity contribution in [2.45, 2.75) is 44.4 Å². The van der Waals surface area contributed by atoms with E-state index in [1.165, 1.54) is 24.8 Å². The van der Waals surface area contributed by atoms with Crippen LogP contribution < -0.4 is 10.6 Å². The molecule has 0 atom stereocenters. The van der Waals surface area contributed by atoms with E-state index in [2.05, 4.69) is 27.8 Å². The molecule has 3 nitrogen and oxygen atoms in total. The van der Waals surface area contributed by atoms with Gasteiger partial charge in [0.25, 0.3) is 0 Å². The number of pyridine rings is 1. The molecular formula is C20H23Cl2N3S. The Morgan fingerprint density at radius 2 is 1.77 bits per heavy atom. The average molecular weight is 408 g/mol. The molecule has 0 saturated heterocycles. The number of aryl methyl sites for hydroxylation is 1. The molecule has 1 saturated carbocycles. The Morgan fingerprint density at radius 3 is 2.42 bits per heavy atom.